The fraction of sp³-hybridized carbons (Fsp3) is 0.125. The number of benzene rings is 2. The molecular formula is C16H15IN2O. The molecular weight excluding hydrogens is 363 g/mol. The summed E-state index contributed by atoms with van der Waals surface area (Å²) in [6.45, 7) is 3.86. The molecule has 0 saturated carbocycles. The summed E-state index contributed by atoms with van der Waals surface area (Å²) in [7, 11) is 0. The Morgan fingerprint density at radius 1 is 0.950 bits per heavy atom. The van der Waals surface area contributed by atoms with Crippen LogP contribution in [-0.2, 0) is 0 Å². The summed E-state index contributed by atoms with van der Waals surface area (Å²) in [6.07, 6.45) is 0. The molecule has 0 aliphatic heterocycles. The number of aryl methyl sites for hydroxylation is 2. The van der Waals surface area contributed by atoms with Crippen LogP contribution >= 0.6 is 24.0 Å². The molecule has 0 N–H and O–H groups in total. The number of rotatable bonds is 1. The molecule has 2 aromatic carbocycles. The number of hydrogen-bond donors (Lipinski definition) is 0. The van der Waals surface area contributed by atoms with Gasteiger partial charge in [-0.25, -0.2) is 4.98 Å². The first-order chi connectivity index (χ1) is 9.18. The maximum atomic E-state index is 12.6. The molecule has 4 heteroatoms. The van der Waals surface area contributed by atoms with Crippen LogP contribution < -0.4 is 5.56 Å². The van der Waals surface area contributed by atoms with E-state index in [2.05, 4.69) is 4.98 Å². The Bertz CT molecular complexity index is 824. The number of hydrogen-bond acceptors (Lipinski definition) is 2. The smallest absolute Gasteiger partial charge is 0.265 e. The maximum absolute atomic E-state index is 12.6. The molecule has 3 rings (SSSR count). The van der Waals surface area contributed by atoms with Gasteiger partial charge in [0.1, 0.15) is 5.82 Å². The van der Waals surface area contributed by atoms with Crippen LogP contribution in [0.4, 0.5) is 0 Å². The van der Waals surface area contributed by atoms with E-state index < -0.39 is 0 Å². The molecule has 0 fully saturated rings. The lowest BCUT2D eigenvalue weighted by molar-refractivity contribution is 0.888. The summed E-state index contributed by atoms with van der Waals surface area (Å²) in [5.41, 5.74) is 2.68. The number of para-hydroxylation sites is 2. The van der Waals surface area contributed by atoms with Crippen LogP contribution in [-0.4, -0.2) is 9.55 Å². The van der Waals surface area contributed by atoms with Crippen LogP contribution in [0.25, 0.3) is 16.6 Å². The zero-order chi connectivity index (χ0) is 13.4. The standard InChI is InChI=1S/C16H14N2O.HI/c1-11-7-3-6-10-15(11)18-12(2)17-14-9-5-4-8-13(14)16(18)19;/h3-10H,1-2H3;1H. The van der Waals surface area contributed by atoms with Crippen molar-refractivity contribution in [2.75, 3.05) is 0 Å². The van der Waals surface area contributed by atoms with E-state index in [4.69, 9.17) is 0 Å². The average molecular weight is 378 g/mol. The van der Waals surface area contributed by atoms with Gasteiger partial charge in [0.15, 0.2) is 0 Å². The molecule has 0 atom stereocenters. The van der Waals surface area contributed by atoms with E-state index in [0.717, 1.165) is 16.8 Å². The van der Waals surface area contributed by atoms with Crippen molar-refractivity contribution in [2.24, 2.45) is 0 Å². The molecule has 0 spiro atoms. The van der Waals surface area contributed by atoms with E-state index in [9.17, 15) is 4.79 Å². The third-order valence-corrected chi connectivity index (χ3v) is 3.30. The van der Waals surface area contributed by atoms with E-state index in [1.807, 2.05) is 62.4 Å². The second-order valence-corrected chi connectivity index (χ2v) is 4.60. The molecule has 0 aliphatic rings. The quantitative estimate of drug-likeness (QED) is 0.607. The summed E-state index contributed by atoms with van der Waals surface area (Å²) in [6, 6.07) is 15.3. The van der Waals surface area contributed by atoms with Crippen LogP contribution in [0, 0.1) is 13.8 Å². The third-order valence-electron chi connectivity index (χ3n) is 3.30. The molecule has 0 bridgehead atoms. The van der Waals surface area contributed by atoms with Crippen molar-refractivity contribution >= 4 is 34.9 Å². The predicted octanol–water partition coefficient (Wildman–Crippen LogP) is 3.62. The minimum Gasteiger partial charge on any atom is -0.268 e. The average Bonchev–Trinajstić information content (AvgIpc) is 2.41. The Labute approximate surface area is 134 Å². The summed E-state index contributed by atoms with van der Waals surface area (Å²) in [4.78, 5) is 17.1. The van der Waals surface area contributed by atoms with Crippen molar-refractivity contribution in [2.45, 2.75) is 13.8 Å². The Morgan fingerprint density at radius 3 is 2.35 bits per heavy atom. The molecule has 102 valence electrons. The fourth-order valence-electron chi connectivity index (χ4n) is 2.34. The van der Waals surface area contributed by atoms with Gasteiger partial charge in [-0.1, -0.05) is 30.3 Å². The van der Waals surface area contributed by atoms with Crippen molar-refractivity contribution in [3.63, 3.8) is 0 Å². The van der Waals surface area contributed by atoms with Gasteiger partial charge in [-0.05, 0) is 37.6 Å². The van der Waals surface area contributed by atoms with Gasteiger partial charge in [0.05, 0.1) is 16.6 Å². The van der Waals surface area contributed by atoms with Crippen LogP contribution in [0.3, 0.4) is 0 Å². The van der Waals surface area contributed by atoms with Crippen LogP contribution in [0.1, 0.15) is 11.4 Å². The summed E-state index contributed by atoms with van der Waals surface area (Å²) in [5.74, 6) is 0.706. The molecule has 3 nitrogen and oxygen atoms in total. The maximum Gasteiger partial charge on any atom is 0.265 e. The van der Waals surface area contributed by atoms with E-state index in [1.165, 1.54) is 0 Å². The van der Waals surface area contributed by atoms with Crippen LogP contribution in [0.5, 0.6) is 0 Å². The number of aromatic nitrogens is 2. The Kier molecular flexibility index (Phi) is 4.23. The summed E-state index contributed by atoms with van der Waals surface area (Å²) >= 11 is 0. The zero-order valence-corrected chi connectivity index (χ0v) is 13.7. The molecule has 0 amide bonds. The number of fused-ring (bicyclic) bond motifs is 1. The van der Waals surface area contributed by atoms with Crippen molar-refractivity contribution in [1.82, 2.24) is 9.55 Å². The first kappa shape index (κ1) is 14.7. The van der Waals surface area contributed by atoms with E-state index in [0.29, 0.717) is 11.2 Å². The van der Waals surface area contributed by atoms with E-state index in [-0.39, 0.29) is 29.5 Å². The molecule has 20 heavy (non-hydrogen) atoms. The van der Waals surface area contributed by atoms with Crippen molar-refractivity contribution in [3.8, 4) is 5.69 Å². The number of halogens is 1. The lowest BCUT2D eigenvalue weighted by atomic mass is 10.2. The zero-order valence-electron chi connectivity index (χ0n) is 11.3. The second-order valence-electron chi connectivity index (χ2n) is 4.60. The minimum atomic E-state index is -0.0163. The molecule has 3 aromatic rings. The molecule has 0 aliphatic carbocycles. The van der Waals surface area contributed by atoms with Crippen molar-refractivity contribution in [3.05, 3.63) is 70.3 Å². The van der Waals surface area contributed by atoms with Gasteiger partial charge in [0.25, 0.3) is 5.56 Å². The minimum absolute atomic E-state index is 0. The highest BCUT2D eigenvalue weighted by molar-refractivity contribution is 14.0. The highest BCUT2D eigenvalue weighted by Crippen LogP contribution is 2.15. The normalized spacial score (nSPS) is 10.3. The highest BCUT2D eigenvalue weighted by atomic mass is 127. The van der Waals surface area contributed by atoms with Gasteiger partial charge in [0.2, 0.25) is 0 Å². The van der Waals surface area contributed by atoms with Crippen molar-refractivity contribution in [1.29, 1.82) is 0 Å². The van der Waals surface area contributed by atoms with Crippen molar-refractivity contribution < 1.29 is 0 Å². The lowest BCUT2D eigenvalue weighted by Gasteiger charge is -2.12. The van der Waals surface area contributed by atoms with Gasteiger partial charge < -0.3 is 0 Å². The second kappa shape index (κ2) is 5.75. The van der Waals surface area contributed by atoms with E-state index >= 15 is 0 Å². The lowest BCUT2D eigenvalue weighted by Crippen LogP contribution is -2.22. The summed E-state index contributed by atoms with van der Waals surface area (Å²) < 4.78 is 1.68. The van der Waals surface area contributed by atoms with Gasteiger partial charge in [-0.3, -0.25) is 9.36 Å². The van der Waals surface area contributed by atoms with Gasteiger partial charge in [-0.15, -0.1) is 24.0 Å². The first-order valence-corrected chi connectivity index (χ1v) is 6.23. The molecule has 1 heterocycles. The third kappa shape index (κ3) is 2.35. The number of nitrogens with zero attached hydrogens (tertiary/aromatic N) is 2. The largest absolute Gasteiger partial charge is 0.268 e. The molecule has 0 radical (unpaired) electrons. The monoisotopic (exact) mass is 378 g/mol. The summed E-state index contributed by atoms with van der Waals surface area (Å²) in [5, 5.41) is 0.649. The van der Waals surface area contributed by atoms with Gasteiger partial charge >= 0.3 is 0 Å². The molecule has 0 unspecified atom stereocenters. The van der Waals surface area contributed by atoms with E-state index in [1.54, 1.807) is 4.57 Å². The van der Waals surface area contributed by atoms with Gasteiger partial charge in [-0.2, -0.15) is 0 Å². The molecule has 0 saturated heterocycles. The topological polar surface area (TPSA) is 34.9 Å². The van der Waals surface area contributed by atoms with Crippen LogP contribution in [0.15, 0.2) is 53.3 Å². The molecule has 1 aromatic heterocycles. The highest BCUT2D eigenvalue weighted by Gasteiger charge is 2.10. The Balaban J connectivity index is 0.00000147. The SMILES string of the molecule is Cc1ccccc1-n1c(C)nc2ccccc2c1=O.I. The van der Waals surface area contributed by atoms with Gasteiger partial charge in [0, 0.05) is 0 Å². The Hall–Kier alpha value is -1.69. The fourth-order valence-corrected chi connectivity index (χ4v) is 2.34. The van der Waals surface area contributed by atoms with Crippen LogP contribution in [0.2, 0.25) is 0 Å². The first-order valence-electron chi connectivity index (χ1n) is 6.23. The Morgan fingerprint density at radius 2 is 1.60 bits per heavy atom. The predicted molar refractivity (Wildman–Crippen MR) is 92.2 cm³/mol.